The van der Waals surface area contributed by atoms with Gasteiger partial charge in [0.15, 0.2) is 8.32 Å². The standard InChI is InChI=1S/C20H35NO4Si/c1-19(2,3)21(18(23)24)16(14-25-26(7,8)20(4,5)6)17(22)15-12-10-9-11-13-15/h9-13,16-17,22H,14H2,1-8H3,(H,23,24)/t16-,17+/m1/s1. The van der Waals surface area contributed by atoms with Crippen molar-refractivity contribution in [3.05, 3.63) is 35.9 Å². The van der Waals surface area contributed by atoms with Crippen LogP contribution < -0.4 is 0 Å². The number of carboxylic acid groups (broad SMARTS) is 1. The summed E-state index contributed by atoms with van der Waals surface area (Å²) in [5.74, 6) is 0. The van der Waals surface area contributed by atoms with Crippen molar-refractivity contribution in [3.8, 4) is 0 Å². The second-order valence-corrected chi connectivity index (χ2v) is 14.1. The Hall–Kier alpha value is -1.37. The van der Waals surface area contributed by atoms with Crippen LogP contribution in [0.25, 0.3) is 0 Å². The summed E-state index contributed by atoms with van der Waals surface area (Å²) >= 11 is 0. The van der Waals surface area contributed by atoms with E-state index >= 15 is 0 Å². The summed E-state index contributed by atoms with van der Waals surface area (Å²) in [7, 11) is -2.08. The minimum atomic E-state index is -2.08. The molecule has 0 aliphatic carbocycles. The fourth-order valence-electron chi connectivity index (χ4n) is 2.62. The van der Waals surface area contributed by atoms with E-state index in [-0.39, 0.29) is 11.6 Å². The zero-order valence-electron chi connectivity index (χ0n) is 17.4. The van der Waals surface area contributed by atoms with Gasteiger partial charge in [-0.1, -0.05) is 51.1 Å². The highest BCUT2D eigenvalue weighted by molar-refractivity contribution is 6.74. The molecule has 0 saturated carbocycles. The molecule has 6 heteroatoms. The molecule has 0 aliphatic rings. The molecule has 0 spiro atoms. The third-order valence-electron chi connectivity index (χ3n) is 5.19. The van der Waals surface area contributed by atoms with Gasteiger partial charge in [-0.05, 0) is 44.5 Å². The molecule has 1 aromatic carbocycles. The van der Waals surface area contributed by atoms with Crippen LogP contribution in [0.2, 0.25) is 18.1 Å². The van der Waals surface area contributed by atoms with Gasteiger partial charge >= 0.3 is 6.09 Å². The van der Waals surface area contributed by atoms with Crippen LogP contribution in [-0.2, 0) is 4.43 Å². The first-order valence-electron chi connectivity index (χ1n) is 9.08. The molecule has 0 aliphatic heterocycles. The summed E-state index contributed by atoms with van der Waals surface area (Å²) in [6.07, 6.45) is -2.02. The SMILES string of the molecule is CC(C)(C)N(C(=O)O)[C@H](CO[Si](C)(C)C(C)(C)C)[C@@H](O)c1ccccc1. The van der Waals surface area contributed by atoms with E-state index in [9.17, 15) is 15.0 Å². The molecule has 0 fully saturated rings. The molecule has 0 heterocycles. The summed E-state index contributed by atoms with van der Waals surface area (Å²) < 4.78 is 6.30. The van der Waals surface area contributed by atoms with Gasteiger partial charge in [0.2, 0.25) is 0 Å². The minimum absolute atomic E-state index is 0.00500. The molecule has 0 unspecified atom stereocenters. The lowest BCUT2D eigenvalue weighted by atomic mass is 9.96. The van der Waals surface area contributed by atoms with Crippen LogP contribution in [0.4, 0.5) is 4.79 Å². The van der Waals surface area contributed by atoms with Gasteiger partial charge in [-0.25, -0.2) is 4.79 Å². The third-order valence-corrected chi connectivity index (χ3v) is 9.69. The van der Waals surface area contributed by atoms with Crippen LogP contribution >= 0.6 is 0 Å². The molecule has 2 N–H and O–H groups in total. The molecule has 26 heavy (non-hydrogen) atoms. The van der Waals surface area contributed by atoms with Gasteiger partial charge in [0.1, 0.15) is 6.10 Å². The molecule has 1 rings (SSSR count). The van der Waals surface area contributed by atoms with E-state index in [1.807, 2.05) is 51.1 Å². The largest absolute Gasteiger partial charge is 0.465 e. The first-order valence-corrected chi connectivity index (χ1v) is 12.0. The lowest BCUT2D eigenvalue weighted by Crippen LogP contribution is -2.56. The Bertz CT molecular complexity index is 590. The zero-order chi connectivity index (χ0) is 20.3. The number of hydrogen-bond acceptors (Lipinski definition) is 3. The van der Waals surface area contributed by atoms with Crippen LogP contribution in [0.3, 0.4) is 0 Å². The van der Waals surface area contributed by atoms with Crippen molar-refractivity contribution in [1.29, 1.82) is 0 Å². The lowest BCUT2D eigenvalue weighted by molar-refractivity contribution is -0.0149. The Labute approximate surface area is 159 Å². The molecule has 0 aromatic heterocycles. The number of rotatable bonds is 6. The van der Waals surface area contributed by atoms with Crippen molar-refractivity contribution in [2.45, 2.75) is 77.4 Å². The number of hydrogen-bond donors (Lipinski definition) is 2. The molecule has 5 nitrogen and oxygen atoms in total. The van der Waals surface area contributed by atoms with Crippen molar-refractivity contribution in [2.75, 3.05) is 6.61 Å². The first-order chi connectivity index (χ1) is 11.7. The molecule has 0 saturated heterocycles. The highest BCUT2D eigenvalue weighted by atomic mass is 28.4. The lowest BCUT2D eigenvalue weighted by Gasteiger charge is -2.44. The van der Waals surface area contributed by atoms with Gasteiger partial charge in [0.25, 0.3) is 0 Å². The summed E-state index contributed by atoms with van der Waals surface area (Å²) in [6.45, 7) is 16.3. The Morgan fingerprint density at radius 2 is 1.62 bits per heavy atom. The number of amides is 1. The van der Waals surface area contributed by atoms with Crippen LogP contribution in [0, 0.1) is 0 Å². The Morgan fingerprint density at radius 1 is 1.12 bits per heavy atom. The van der Waals surface area contributed by atoms with E-state index in [0.29, 0.717) is 5.56 Å². The topological polar surface area (TPSA) is 70.0 Å². The molecule has 0 radical (unpaired) electrons. The van der Waals surface area contributed by atoms with Crippen molar-refractivity contribution in [2.24, 2.45) is 0 Å². The van der Waals surface area contributed by atoms with Gasteiger partial charge in [-0.3, -0.25) is 4.90 Å². The fraction of sp³-hybridized carbons (Fsp3) is 0.650. The Morgan fingerprint density at radius 3 is 2.00 bits per heavy atom. The molecular weight excluding hydrogens is 346 g/mol. The number of nitrogens with zero attached hydrogens (tertiary/aromatic N) is 1. The maximum absolute atomic E-state index is 12.0. The average Bonchev–Trinajstić information content (AvgIpc) is 2.48. The van der Waals surface area contributed by atoms with E-state index in [2.05, 4.69) is 33.9 Å². The van der Waals surface area contributed by atoms with Gasteiger partial charge in [0, 0.05) is 5.54 Å². The second kappa shape index (κ2) is 8.11. The van der Waals surface area contributed by atoms with E-state index in [1.54, 1.807) is 0 Å². The molecule has 0 bridgehead atoms. The normalized spacial score (nSPS) is 15.4. The van der Waals surface area contributed by atoms with Gasteiger partial charge in [-0.2, -0.15) is 0 Å². The van der Waals surface area contributed by atoms with Crippen LogP contribution in [0.15, 0.2) is 30.3 Å². The maximum Gasteiger partial charge on any atom is 0.408 e. The summed E-state index contributed by atoms with van der Waals surface area (Å²) in [4.78, 5) is 13.3. The van der Waals surface area contributed by atoms with E-state index in [1.165, 1.54) is 4.90 Å². The smallest absolute Gasteiger partial charge is 0.408 e. The monoisotopic (exact) mass is 381 g/mol. The van der Waals surface area contributed by atoms with Crippen molar-refractivity contribution >= 4 is 14.4 Å². The summed E-state index contributed by atoms with van der Waals surface area (Å²) in [6, 6.07) is 8.48. The zero-order valence-corrected chi connectivity index (χ0v) is 18.4. The van der Waals surface area contributed by atoms with Crippen molar-refractivity contribution in [1.82, 2.24) is 4.90 Å². The maximum atomic E-state index is 12.0. The molecule has 1 amide bonds. The fourth-order valence-corrected chi connectivity index (χ4v) is 3.64. The molecule has 1 aromatic rings. The van der Waals surface area contributed by atoms with Gasteiger partial charge < -0.3 is 14.6 Å². The predicted molar refractivity (Wildman–Crippen MR) is 108 cm³/mol. The Kier molecular flexibility index (Phi) is 7.07. The number of carbonyl (C=O) groups is 1. The number of aliphatic hydroxyl groups is 1. The van der Waals surface area contributed by atoms with Crippen molar-refractivity contribution < 1.29 is 19.4 Å². The second-order valence-electron chi connectivity index (χ2n) is 9.32. The summed E-state index contributed by atoms with van der Waals surface area (Å²) in [5.41, 5.74) is 0.0232. The molecule has 2 atom stereocenters. The number of aliphatic hydroxyl groups excluding tert-OH is 1. The van der Waals surface area contributed by atoms with E-state index in [0.717, 1.165) is 0 Å². The van der Waals surface area contributed by atoms with Gasteiger partial charge in [0.05, 0.1) is 12.6 Å². The predicted octanol–water partition coefficient (Wildman–Crippen LogP) is 4.89. The van der Waals surface area contributed by atoms with E-state index < -0.39 is 32.1 Å². The Balaban J connectivity index is 3.23. The number of benzene rings is 1. The van der Waals surface area contributed by atoms with Crippen LogP contribution in [0.5, 0.6) is 0 Å². The first kappa shape index (κ1) is 22.7. The highest BCUT2D eigenvalue weighted by Gasteiger charge is 2.42. The molecule has 148 valence electrons. The quantitative estimate of drug-likeness (QED) is 0.688. The minimum Gasteiger partial charge on any atom is -0.465 e. The van der Waals surface area contributed by atoms with Gasteiger partial charge in [-0.15, -0.1) is 0 Å². The third kappa shape index (κ3) is 5.56. The highest BCUT2D eigenvalue weighted by Crippen LogP contribution is 2.37. The van der Waals surface area contributed by atoms with Crippen LogP contribution in [0.1, 0.15) is 53.2 Å². The van der Waals surface area contributed by atoms with Crippen LogP contribution in [-0.4, -0.2) is 47.7 Å². The van der Waals surface area contributed by atoms with E-state index in [4.69, 9.17) is 4.43 Å². The average molecular weight is 382 g/mol. The summed E-state index contributed by atoms with van der Waals surface area (Å²) in [5, 5.41) is 20.8. The van der Waals surface area contributed by atoms with Crippen molar-refractivity contribution in [3.63, 3.8) is 0 Å². The molecular formula is C20H35NO4Si.